The Hall–Kier alpha value is -2.55. The Morgan fingerprint density at radius 1 is 1.40 bits per heavy atom. The third-order valence-electron chi connectivity index (χ3n) is 2.84. The predicted molar refractivity (Wildman–Crippen MR) is 95.3 cm³/mol. The van der Waals surface area contributed by atoms with Crippen LogP contribution < -0.4 is 14.8 Å². The second kappa shape index (κ2) is 9.07. The second-order valence-corrected chi connectivity index (χ2v) is 6.19. The molecule has 25 heavy (non-hydrogen) atoms. The van der Waals surface area contributed by atoms with Gasteiger partial charge in [-0.15, -0.1) is 5.10 Å². The zero-order chi connectivity index (χ0) is 18.2. The molecule has 0 atom stereocenters. The topological polar surface area (TPSA) is 98.6 Å². The molecule has 0 unspecified atom stereocenters. The van der Waals surface area contributed by atoms with Crippen LogP contribution in [0.1, 0.15) is 19.4 Å². The van der Waals surface area contributed by atoms with Crippen molar-refractivity contribution < 1.29 is 23.8 Å². The van der Waals surface area contributed by atoms with E-state index in [1.54, 1.807) is 32.0 Å². The third-order valence-corrected chi connectivity index (χ3v) is 3.71. The Labute approximate surface area is 149 Å². The van der Waals surface area contributed by atoms with Crippen LogP contribution in [-0.2, 0) is 14.3 Å². The molecule has 2 rings (SSSR count). The monoisotopic (exact) mass is 365 g/mol. The quantitative estimate of drug-likeness (QED) is 0.447. The van der Waals surface area contributed by atoms with Crippen LogP contribution in [0.15, 0.2) is 28.4 Å². The molecule has 1 aliphatic heterocycles. The number of hydrogen-bond donors (Lipinski definition) is 1. The van der Waals surface area contributed by atoms with Crippen molar-refractivity contribution in [2.45, 2.75) is 20.0 Å². The number of amidine groups is 1. The SMILES string of the molecule is COc1cc(C=NN=C2NC(=O)CS2)ccc1OCC(=O)OC(C)C. The first kappa shape index (κ1) is 18.8. The van der Waals surface area contributed by atoms with Crippen molar-refractivity contribution in [3.63, 3.8) is 0 Å². The van der Waals surface area contributed by atoms with Gasteiger partial charge in [-0.3, -0.25) is 4.79 Å². The number of ether oxygens (including phenoxy) is 3. The molecule has 1 aromatic carbocycles. The van der Waals surface area contributed by atoms with E-state index in [1.165, 1.54) is 25.1 Å². The van der Waals surface area contributed by atoms with Crippen molar-refractivity contribution in [2.24, 2.45) is 10.2 Å². The molecule has 134 valence electrons. The van der Waals surface area contributed by atoms with E-state index in [-0.39, 0.29) is 18.6 Å². The lowest BCUT2D eigenvalue weighted by Crippen LogP contribution is -2.19. The molecule has 8 nitrogen and oxygen atoms in total. The number of nitrogens with zero attached hydrogens (tertiary/aromatic N) is 2. The van der Waals surface area contributed by atoms with Crippen LogP contribution in [0.3, 0.4) is 0 Å². The fraction of sp³-hybridized carbons (Fsp3) is 0.375. The molecule has 1 aromatic rings. The largest absolute Gasteiger partial charge is 0.493 e. The van der Waals surface area contributed by atoms with Gasteiger partial charge in [0, 0.05) is 0 Å². The molecule has 1 N–H and O–H groups in total. The third kappa shape index (κ3) is 6.11. The fourth-order valence-electron chi connectivity index (χ4n) is 1.84. The first-order chi connectivity index (χ1) is 12.0. The van der Waals surface area contributed by atoms with E-state index in [2.05, 4.69) is 15.5 Å². The molecule has 1 amide bonds. The maximum Gasteiger partial charge on any atom is 0.344 e. The summed E-state index contributed by atoms with van der Waals surface area (Å²) in [6.07, 6.45) is 1.33. The molecule has 9 heteroatoms. The van der Waals surface area contributed by atoms with Crippen LogP contribution in [0.5, 0.6) is 11.5 Å². The van der Waals surface area contributed by atoms with E-state index in [0.717, 1.165) is 5.56 Å². The Morgan fingerprint density at radius 3 is 2.84 bits per heavy atom. The van der Waals surface area contributed by atoms with Gasteiger partial charge in [0.25, 0.3) is 0 Å². The summed E-state index contributed by atoms with van der Waals surface area (Å²) in [5, 5.41) is 10.9. The minimum atomic E-state index is -0.449. The molecule has 0 aromatic heterocycles. The van der Waals surface area contributed by atoms with Crippen molar-refractivity contribution in [3.8, 4) is 11.5 Å². The van der Waals surface area contributed by atoms with Gasteiger partial charge in [-0.25, -0.2) is 4.79 Å². The Kier molecular flexibility index (Phi) is 6.81. The Balaban J connectivity index is 1.98. The highest BCUT2D eigenvalue weighted by Crippen LogP contribution is 2.27. The van der Waals surface area contributed by atoms with E-state index < -0.39 is 5.97 Å². The van der Waals surface area contributed by atoms with Gasteiger partial charge in [0.05, 0.1) is 25.2 Å². The Bertz CT molecular complexity index is 703. The first-order valence-electron chi connectivity index (χ1n) is 7.52. The normalized spacial score (nSPS) is 15.7. The van der Waals surface area contributed by atoms with Gasteiger partial charge in [0.2, 0.25) is 5.91 Å². The molecule has 0 saturated carbocycles. The van der Waals surface area contributed by atoms with Gasteiger partial charge in [-0.2, -0.15) is 5.10 Å². The molecule has 1 aliphatic rings. The van der Waals surface area contributed by atoms with Crippen LogP contribution in [-0.4, -0.2) is 48.8 Å². The lowest BCUT2D eigenvalue weighted by Gasteiger charge is -2.12. The predicted octanol–water partition coefficient (Wildman–Crippen LogP) is 1.58. The van der Waals surface area contributed by atoms with Crippen LogP contribution in [0, 0.1) is 0 Å². The van der Waals surface area contributed by atoms with Gasteiger partial charge < -0.3 is 19.5 Å². The molecular weight excluding hydrogens is 346 g/mol. The standard InChI is InChI=1S/C16H19N3O5S/c1-10(2)24-15(21)8-23-12-5-4-11(6-13(12)22-3)7-17-19-16-18-14(20)9-25-16/h4-7,10H,8-9H2,1-3H3,(H,18,19,20). The number of esters is 1. The molecule has 1 heterocycles. The Morgan fingerprint density at radius 2 is 2.20 bits per heavy atom. The molecule has 0 aliphatic carbocycles. The second-order valence-electron chi connectivity index (χ2n) is 5.22. The number of rotatable bonds is 7. The zero-order valence-corrected chi connectivity index (χ0v) is 15.0. The number of carbonyl (C=O) groups is 2. The maximum absolute atomic E-state index is 11.5. The van der Waals surface area contributed by atoms with Crippen LogP contribution >= 0.6 is 11.8 Å². The highest BCUT2D eigenvalue weighted by atomic mass is 32.2. The molecule has 0 bridgehead atoms. The van der Waals surface area contributed by atoms with E-state index in [9.17, 15) is 9.59 Å². The fourth-order valence-corrected chi connectivity index (χ4v) is 2.48. The number of methoxy groups -OCH3 is 1. The highest BCUT2D eigenvalue weighted by molar-refractivity contribution is 8.15. The number of amides is 1. The molecule has 1 fully saturated rings. The highest BCUT2D eigenvalue weighted by Gasteiger charge is 2.16. The summed E-state index contributed by atoms with van der Waals surface area (Å²) in [6, 6.07) is 5.12. The number of nitrogens with one attached hydrogen (secondary N) is 1. The van der Waals surface area contributed by atoms with Crippen molar-refractivity contribution in [3.05, 3.63) is 23.8 Å². The lowest BCUT2D eigenvalue weighted by molar-refractivity contribution is -0.149. The molecular formula is C16H19N3O5S. The van der Waals surface area contributed by atoms with Gasteiger partial charge in [-0.1, -0.05) is 11.8 Å². The summed E-state index contributed by atoms with van der Waals surface area (Å²) >= 11 is 1.30. The van der Waals surface area contributed by atoms with Crippen molar-refractivity contribution >= 4 is 35.0 Å². The molecule has 1 saturated heterocycles. The van der Waals surface area contributed by atoms with Crippen LogP contribution in [0.25, 0.3) is 0 Å². The maximum atomic E-state index is 11.5. The molecule has 0 radical (unpaired) electrons. The summed E-state index contributed by atoms with van der Waals surface area (Å²) in [4.78, 5) is 22.6. The number of benzene rings is 1. The summed E-state index contributed by atoms with van der Waals surface area (Å²) in [5.74, 6) is 0.698. The van der Waals surface area contributed by atoms with E-state index in [1.807, 2.05) is 0 Å². The van der Waals surface area contributed by atoms with Gasteiger partial charge >= 0.3 is 5.97 Å². The zero-order valence-electron chi connectivity index (χ0n) is 14.1. The van der Waals surface area contributed by atoms with Crippen molar-refractivity contribution in [1.82, 2.24) is 5.32 Å². The lowest BCUT2D eigenvalue weighted by atomic mass is 10.2. The van der Waals surface area contributed by atoms with E-state index >= 15 is 0 Å². The van der Waals surface area contributed by atoms with Gasteiger partial charge in [0.1, 0.15) is 0 Å². The first-order valence-corrected chi connectivity index (χ1v) is 8.50. The summed E-state index contributed by atoms with van der Waals surface area (Å²) in [6.45, 7) is 3.34. The summed E-state index contributed by atoms with van der Waals surface area (Å²) in [5.41, 5.74) is 0.729. The number of thioether (sulfide) groups is 1. The van der Waals surface area contributed by atoms with Gasteiger partial charge in [0.15, 0.2) is 23.3 Å². The summed E-state index contributed by atoms with van der Waals surface area (Å²) in [7, 11) is 1.50. The number of hydrogen-bond acceptors (Lipinski definition) is 8. The average molecular weight is 365 g/mol. The van der Waals surface area contributed by atoms with Crippen molar-refractivity contribution in [2.75, 3.05) is 19.5 Å². The summed E-state index contributed by atoms with van der Waals surface area (Å²) < 4.78 is 15.7. The van der Waals surface area contributed by atoms with E-state index in [4.69, 9.17) is 14.2 Å². The number of carbonyl (C=O) groups excluding carboxylic acids is 2. The van der Waals surface area contributed by atoms with Crippen LogP contribution in [0.4, 0.5) is 0 Å². The minimum Gasteiger partial charge on any atom is -0.493 e. The molecule has 0 spiro atoms. The van der Waals surface area contributed by atoms with Crippen LogP contribution in [0.2, 0.25) is 0 Å². The smallest absolute Gasteiger partial charge is 0.344 e. The minimum absolute atomic E-state index is 0.0851. The van der Waals surface area contributed by atoms with Crippen molar-refractivity contribution in [1.29, 1.82) is 0 Å². The average Bonchev–Trinajstić information content (AvgIpc) is 2.98. The van der Waals surface area contributed by atoms with Gasteiger partial charge in [-0.05, 0) is 37.6 Å². The van der Waals surface area contributed by atoms with E-state index in [0.29, 0.717) is 22.4 Å².